The van der Waals surface area contributed by atoms with Crippen molar-refractivity contribution < 1.29 is 17.9 Å². The molecule has 0 saturated heterocycles. The summed E-state index contributed by atoms with van der Waals surface area (Å²) < 4.78 is 27.6. The Hall–Kier alpha value is -2.38. The molecule has 1 aliphatic carbocycles. The number of carbonyl (C=O) groups is 1. The predicted octanol–water partition coefficient (Wildman–Crippen LogP) is 4.18. The molecule has 2 aromatic rings. The Labute approximate surface area is 191 Å². The van der Waals surface area contributed by atoms with E-state index in [1.165, 1.54) is 17.5 Å². The molecule has 0 spiro atoms. The molecule has 1 aliphatic rings. The first kappa shape index (κ1) is 24.3. The van der Waals surface area contributed by atoms with Crippen LogP contribution >= 0.6 is 0 Å². The molecule has 2 aromatic carbocycles. The van der Waals surface area contributed by atoms with Crippen molar-refractivity contribution in [2.45, 2.75) is 51.4 Å². The van der Waals surface area contributed by atoms with E-state index in [4.69, 9.17) is 9.88 Å². The Morgan fingerprint density at radius 1 is 1.19 bits per heavy atom. The van der Waals surface area contributed by atoms with Gasteiger partial charge in [-0.1, -0.05) is 31.2 Å². The van der Waals surface area contributed by atoms with Gasteiger partial charge in [-0.3, -0.25) is 4.79 Å². The molecule has 0 unspecified atom stereocenters. The molecule has 0 radical (unpaired) electrons. The number of carbonyl (C=O) groups excluding carboxylic acids is 1. The quantitative estimate of drug-likeness (QED) is 0.558. The number of hydrogen-bond donors (Lipinski definition) is 2. The second kappa shape index (κ2) is 11.0. The summed E-state index contributed by atoms with van der Waals surface area (Å²) in [5, 5.41) is 7.55. The summed E-state index contributed by atoms with van der Waals surface area (Å²) >= 11 is 0. The molecular weight excluding hydrogens is 424 g/mol. The van der Waals surface area contributed by atoms with Gasteiger partial charge in [0.05, 0.1) is 12.4 Å². The van der Waals surface area contributed by atoms with Crippen molar-refractivity contribution in [2.75, 3.05) is 18.9 Å². The van der Waals surface area contributed by atoms with Crippen LogP contribution in [0.1, 0.15) is 72.9 Å². The Kier molecular flexibility index (Phi) is 8.32. The number of sulfonamides is 1. The highest BCUT2D eigenvalue weighted by Gasteiger charge is 2.27. The van der Waals surface area contributed by atoms with E-state index in [2.05, 4.69) is 30.4 Å². The van der Waals surface area contributed by atoms with E-state index in [1.54, 1.807) is 0 Å². The Bertz CT molecular complexity index is 1000. The molecule has 1 amide bonds. The number of primary sulfonamides is 1. The zero-order valence-corrected chi connectivity index (χ0v) is 19.7. The molecule has 0 aromatic heterocycles. The van der Waals surface area contributed by atoms with Gasteiger partial charge in [-0.2, -0.15) is 0 Å². The maximum atomic E-state index is 12.2. The van der Waals surface area contributed by atoms with Crippen LogP contribution in [0.2, 0.25) is 0 Å². The maximum Gasteiger partial charge on any atom is 0.251 e. The van der Waals surface area contributed by atoms with Gasteiger partial charge in [0.15, 0.2) is 0 Å². The van der Waals surface area contributed by atoms with E-state index >= 15 is 0 Å². The molecule has 0 heterocycles. The van der Waals surface area contributed by atoms with E-state index in [0.717, 1.165) is 25.0 Å². The molecule has 3 atom stereocenters. The summed E-state index contributed by atoms with van der Waals surface area (Å²) in [5.41, 5.74) is 3.12. The molecule has 7 heteroatoms. The largest absolute Gasteiger partial charge is 0.494 e. The van der Waals surface area contributed by atoms with Crippen LogP contribution in [0.5, 0.6) is 5.75 Å². The number of nitrogens with one attached hydrogen (secondary N) is 1. The van der Waals surface area contributed by atoms with Crippen molar-refractivity contribution in [3.8, 4) is 5.75 Å². The number of nitrogens with two attached hydrogens (primary N) is 1. The van der Waals surface area contributed by atoms with Crippen LogP contribution in [0, 0.1) is 5.92 Å². The molecule has 174 valence electrons. The van der Waals surface area contributed by atoms with Crippen molar-refractivity contribution >= 4 is 15.9 Å². The summed E-state index contributed by atoms with van der Waals surface area (Å²) in [6.45, 7) is 4.98. The number of amides is 1. The molecule has 0 bridgehead atoms. The first-order valence-electron chi connectivity index (χ1n) is 11.4. The average molecular weight is 459 g/mol. The highest BCUT2D eigenvalue weighted by atomic mass is 32.2. The predicted molar refractivity (Wildman–Crippen MR) is 127 cm³/mol. The zero-order valence-electron chi connectivity index (χ0n) is 18.9. The third-order valence-corrected chi connectivity index (χ3v) is 7.06. The first-order chi connectivity index (χ1) is 15.2. The van der Waals surface area contributed by atoms with E-state index < -0.39 is 10.0 Å². The Balaban J connectivity index is 1.51. The van der Waals surface area contributed by atoms with Crippen molar-refractivity contribution in [2.24, 2.45) is 11.1 Å². The van der Waals surface area contributed by atoms with Gasteiger partial charge < -0.3 is 10.1 Å². The normalized spacial score (nSPS) is 19.5. The van der Waals surface area contributed by atoms with Crippen molar-refractivity contribution in [1.29, 1.82) is 0 Å². The summed E-state index contributed by atoms with van der Waals surface area (Å²) in [5.74, 6) is 2.08. The lowest BCUT2D eigenvalue weighted by molar-refractivity contribution is 0.0956. The van der Waals surface area contributed by atoms with E-state index in [-0.39, 0.29) is 18.2 Å². The zero-order chi connectivity index (χ0) is 23.1. The van der Waals surface area contributed by atoms with Gasteiger partial charge >= 0.3 is 0 Å². The second-order valence-electron chi connectivity index (χ2n) is 8.76. The summed E-state index contributed by atoms with van der Waals surface area (Å²) in [6.07, 6.45) is 4.71. The highest BCUT2D eigenvalue weighted by Crippen LogP contribution is 2.42. The van der Waals surface area contributed by atoms with Crippen LogP contribution in [0.25, 0.3) is 0 Å². The van der Waals surface area contributed by atoms with Gasteiger partial charge in [0, 0.05) is 12.1 Å². The molecule has 0 aliphatic heterocycles. The lowest BCUT2D eigenvalue weighted by Crippen LogP contribution is -2.31. The molecule has 3 rings (SSSR count). The topological polar surface area (TPSA) is 98.5 Å². The average Bonchev–Trinajstić information content (AvgIpc) is 3.22. The Morgan fingerprint density at radius 3 is 2.62 bits per heavy atom. The lowest BCUT2D eigenvalue weighted by atomic mass is 9.88. The van der Waals surface area contributed by atoms with Crippen LogP contribution in [-0.4, -0.2) is 33.2 Å². The van der Waals surface area contributed by atoms with Crippen molar-refractivity contribution in [3.05, 3.63) is 65.2 Å². The molecule has 32 heavy (non-hydrogen) atoms. The Morgan fingerprint density at radius 2 is 1.94 bits per heavy atom. The molecule has 3 N–H and O–H groups in total. The smallest absolute Gasteiger partial charge is 0.251 e. The fraction of sp³-hybridized carbons (Fsp3) is 0.480. The summed E-state index contributed by atoms with van der Waals surface area (Å²) in [6, 6.07) is 16.1. The van der Waals surface area contributed by atoms with Crippen LogP contribution in [-0.2, 0) is 10.0 Å². The molecule has 1 fully saturated rings. The van der Waals surface area contributed by atoms with Crippen LogP contribution in [0.3, 0.4) is 0 Å². The minimum absolute atomic E-state index is 0.00931. The summed E-state index contributed by atoms with van der Waals surface area (Å²) in [4.78, 5) is 12.2. The standard InChI is InChI=1S/C25H34N2O4S/c1-3-31-24-6-4-5-22(17-24)18(2)15-19-7-8-23(16-19)20-9-11-21(12-10-20)25(28)27-13-14-32(26,29)30/h4-6,9-12,17-19,23H,3,7-8,13-16H2,1-2H3,(H,27,28)(H2,26,29,30)/t18-,19+,23+/m0/s1. The minimum atomic E-state index is -3.58. The van der Waals surface area contributed by atoms with Gasteiger partial charge in [-0.25, -0.2) is 13.6 Å². The van der Waals surface area contributed by atoms with Gasteiger partial charge in [0.25, 0.3) is 5.91 Å². The van der Waals surface area contributed by atoms with Crippen LogP contribution in [0.4, 0.5) is 0 Å². The summed E-state index contributed by atoms with van der Waals surface area (Å²) in [7, 11) is -3.58. The van der Waals surface area contributed by atoms with E-state index in [1.807, 2.05) is 37.3 Å². The maximum absolute atomic E-state index is 12.2. The molecule has 6 nitrogen and oxygen atoms in total. The van der Waals surface area contributed by atoms with Crippen molar-refractivity contribution in [3.63, 3.8) is 0 Å². The number of hydrogen-bond acceptors (Lipinski definition) is 4. The fourth-order valence-corrected chi connectivity index (χ4v) is 5.01. The van der Waals surface area contributed by atoms with Crippen molar-refractivity contribution in [1.82, 2.24) is 5.32 Å². The minimum Gasteiger partial charge on any atom is -0.494 e. The fourth-order valence-electron chi connectivity index (χ4n) is 4.62. The van der Waals surface area contributed by atoms with E-state index in [0.29, 0.717) is 29.9 Å². The molecular formula is C25H34N2O4S. The van der Waals surface area contributed by atoms with Gasteiger partial charge in [-0.15, -0.1) is 0 Å². The number of ether oxygens (including phenoxy) is 1. The lowest BCUT2D eigenvalue weighted by Gasteiger charge is -2.18. The monoisotopic (exact) mass is 458 g/mol. The molecule has 1 saturated carbocycles. The number of rotatable bonds is 10. The SMILES string of the molecule is CCOc1cccc([C@@H](C)C[C@H]2CC[C@@H](c3ccc(C(=O)NCCS(N)(=O)=O)cc3)C2)c1. The third kappa shape index (κ3) is 7.07. The first-order valence-corrected chi connectivity index (χ1v) is 13.1. The third-order valence-electron chi connectivity index (χ3n) is 6.28. The van der Waals surface area contributed by atoms with Gasteiger partial charge in [0.2, 0.25) is 10.0 Å². The number of benzene rings is 2. The van der Waals surface area contributed by atoms with Crippen LogP contribution < -0.4 is 15.2 Å². The highest BCUT2D eigenvalue weighted by molar-refractivity contribution is 7.89. The van der Waals surface area contributed by atoms with E-state index in [9.17, 15) is 13.2 Å². The van der Waals surface area contributed by atoms with Gasteiger partial charge in [-0.05, 0) is 85.8 Å². The van der Waals surface area contributed by atoms with Gasteiger partial charge in [0.1, 0.15) is 5.75 Å². The van der Waals surface area contributed by atoms with Crippen LogP contribution in [0.15, 0.2) is 48.5 Å². The second-order valence-corrected chi connectivity index (χ2v) is 10.5.